The molecule has 9 heteroatoms. The van der Waals surface area contributed by atoms with Crippen molar-refractivity contribution in [2.24, 2.45) is 0 Å². The predicted octanol–water partition coefficient (Wildman–Crippen LogP) is 2.58. The highest BCUT2D eigenvalue weighted by Crippen LogP contribution is 2.20. The van der Waals surface area contributed by atoms with Crippen molar-refractivity contribution in [1.29, 1.82) is 0 Å². The van der Waals surface area contributed by atoms with Crippen LogP contribution in [0.1, 0.15) is 38.2 Å². The van der Waals surface area contributed by atoms with Crippen molar-refractivity contribution in [2.45, 2.75) is 33.2 Å². The maximum absolute atomic E-state index is 13.2. The Balaban J connectivity index is 1.45. The summed E-state index contributed by atoms with van der Waals surface area (Å²) in [6.07, 6.45) is 3.90. The van der Waals surface area contributed by atoms with Crippen molar-refractivity contribution in [3.05, 3.63) is 38.5 Å². The fourth-order valence-corrected chi connectivity index (χ4v) is 5.29. The van der Waals surface area contributed by atoms with Gasteiger partial charge in [-0.05, 0) is 33.9 Å². The van der Waals surface area contributed by atoms with Crippen molar-refractivity contribution in [3.8, 4) is 0 Å². The number of likely N-dealkylation sites (N-methyl/N-ethyl adjacent to an activating group) is 1. The number of hydrogen-bond donors (Lipinski definition) is 1. The predicted molar refractivity (Wildman–Crippen MR) is 118 cm³/mol. The van der Waals surface area contributed by atoms with Crippen LogP contribution in [-0.2, 0) is 13.0 Å². The van der Waals surface area contributed by atoms with Gasteiger partial charge in [0.15, 0.2) is 10.7 Å². The summed E-state index contributed by atoms with van der Waals surface area (Å²) in [5.41, 5.74) is 2.67. The van der Waals surface area contributed by atoms with Gasteiger partial charge < -0.3 is 15.1 Å². The number of nitrogens with zero attached hydrogens (tertiary/aromatic N) is 5. The lowest BCUT2D eigenvalue weighted by atomic mass is 10.2. The number of nitrogens with one attached hydrogen (secondary N) is 1. The molecule has 3 aromatic rings. The molecule has 1 N–H and O–H groups in total. The van der Waals surface area contributed by atoms with Gasteiger partial charge in [0, 0.05) is 55.6 Å². The first-order valence-electron chi connectivity index (χ1n) is 10.1. The molecule has 0 radical (unpaired) electrons. The summed E-state index contributed by atoms with van der Waals surface area (Å²) in [6.45, 7) is 9.12. The molecule has 7 nitrogen and oxygen atoms in total. The number of aryl methyl sites for hydroxylation is 2. The van der Waals surface area contributed by atoms with E-state index in [-0.39, 0.29) is 5.91 Å². The van der Waals surface area contributed by atoms with Gasteiger partial charge in [0.1, 0.15) is 0 Å². The van der Waals surface area contributed by atoms with Crippen LogP contribution < -0.4 is 5.32 Å². The van der Waals surface area contributed by atoms with Gasteiger partial charge in [0.05, 0.1) is 16.4 Å². The molecule has 1 amide bonds. The molecule has 1 saturated heterocycles. The zero-order chi connectivity index (χ0) is 20.4. The maximum Gasteiger partial charge on any atom is 0.274 e. The van der Waals surface area contributed by atoms with Crippen LogP contribution in [0.5, 0.6) is 0 Å². The average molecular weight is 433 g/mol. The summed E-state index contributed by atoms with van der Waals surface area (Å²) in [5.74, 6) is 0.0548. The van der Waals surface area contributed by atoms with Crippen molar-refractivity contribution in [3.63, 3.8) is 0 Å². The first-order chi connectivity index (χ1) is 14.0. The van der Waals surface area contributed by atoms with E-state index in [4.69, 9.17) is 0 Å². The Bertz CT molecular complexity index is 971. The minimum atomic E-state index is 0.0548. The quantitative estimate of drug-likeness (QED) is 0.607. The molecule has 0 saturated carbocycles. The highest BCUT2D eigenvalue weighted by molar-refractivity contribution is 7.15. The molecule has 0 unspecified atom stereocenters. The zero-order valence-corrected chi connectivity index (χ0v) is 18.9. The summed E-state index contributed by atoms with van der Waals surface area (Å²) >= 11 is 3.33. The largest absolute Gasteiger partial charge is 0.336 e. The van der Waals surface area contributed by atoms with Gasteiger partial charge in [0.25, 0.3) is 5.91 Å². The summed E-state index contributed by atoms with van der Waals surface area (Å²) in [4.78, 5) is 28.9. The van der Waals surface area contributed by atoms with E-state index < -0.39 is 0 Å². The standard InChI is InChI=1S/C20H28N6OS2/c1-14-15(2)29-17(22-14)5-6-21-13-16-18(23-20-26(16)11-12-28-20)19(27)25-8-4-7-24(3)9-10-25/h11-12,21H,4-10,13H2,1-3H3. The molecule has 0 spiro atoms. The van der Waals surface area contributed by atoms with E-state index in [0.29, 0.717) is 12.2 Å². The molecule has 1 fully saturated rings. The molecule has 1 aliphatic heterocycles. The third-order valence-electron chi connectivity index (χ3n) is 5.45. The summed E-state index contributed by atoms with van der Waals surface area (Å²) < 4.78 is 2.05. The molecule has 156 valence electrons. The molecule has 0 aromatic carbocycles. The number of amides is 1. The molecule has 0 atom stereocenters. The topological polar surface area (TPSA) is 65.8 Å². The molecule has 0 bridgehead atoms. The van der Waals surface area contributed by atoms with Crippen LogP contribution in [0.2, 0.25) is 0 Å². The van der Waals surface area contributed by atoms with Gasteiger partial charge in [-0.25, -0.2) is 9.97 Å². The van der Waals surface area contributed by atoms with E-state index in [1.54, 1.807) is 22.7 Å². The Hall–Kier alpha value is -1.81. The molecule has 4 heterocycles. The lowest BCUT2D eigenvalue weighted by Gasteiger charge is -2.20. The van der Waals surface area contributed by atoms with Crippen LogP contribution in [0.25, 0.3) is 4.96 Å². The monoisotopic (exact) mass is 432 g/mol. The zero-order valence-electron chi connectivity index (χ0n) is 17.3. The fourth-order valence-electron chi connectivity index (χ4n) is 3.62. The van der Waals surface area contributed by atoms with Crippen LogP contribution in [0.15, 0.2) is 11.6 Å². The number of imidazole rings is 1. The number of aromatic nitrogens is 3. The summed E-state index contributed by atoms with van der Waals surface area (Å²) in [5, 5.41) is 6.67. The SMILES string of the molecule is Cc1nc(CCNCc2c(C(=O)N3CCCN(C)CC3)nc3sccn23)sc1C. The average Bonchev–Trinajstić information content (AvgIpc) is 3.32. The second-order valence-corrected chi connectivity index (χ2v) is 9.75. The third-order valence-corrected chi connectivity index (χ3v) is 7.34. The van der Waals surface area contributed by atoms with Gasteiger partial charge in [-0.3, -0.25) is 9.20 Å². The highest BCUT2D eigenvalue weighted by Gasteiger charge is 2.25. The maximum atomic E-state index is 13.2. The molecule has 4 rings (SSSR count). The van der Waals surface area contributed by atoms with Crippen LogP contribution in [0.3, 0.4) is 0 Å². The van der Waals surface area contributed by atoms with E-state index in [9.17, 15) is 4.79 Å². The van der Waals surface area contributed by atoms with Crippen LogP contribution >= 0.6 is 22.7 Å². The normalized spacial score (nSPS) is 15.9. The molecule has 29 heavy (non-hydrogen) atoms. The van der Waals surface area contributed by atoms with Crippen LogP contribution in [0.4, 0.5) is 0 Å². The Morgan fingerprint density at radius 3 is 2.86 bits per heavy atom. The smallest absolute Gasteiger partial charge is 0.274 e. The number of hydrogen-bond acceptors (Lipinski definition) is 7. The highest BCUT2D eigenvalue weighted by atomic mass is 32.1. The Morgan fingerprint density at radius 1 is 1.21 bits per heavy atom. The third kappa shape index (κ3) is 4.53. The van der Waals surface area contributed by atoms with Gasteiger partial charge in [-0.1, -0.05) is 0 Å². The molecule has 0 aliphatic carbocycles. The second-order valence-electron chi connectivity index (χ2n) is 7.59. The van der Waals surface area contributed by atoms with Crippen molar-refractivity contribution in [2.75, 3.05) is 39.8 Å². The number of fused-ring (bicyclic) bond motifs is 1. The Kier molecular flexibility index (Phi) is 6.29. The van der Waals surface area contributed by atoms with E-state index in [1.165, 1.54) is 4.88 Å². The molecule has 1 aliphatic rings. The number of carbonyl (C=O) groups excluding carboxylic acids is 1. The Labute approximate surface area is 179 Å². The van der Waals surface area contributed by atoms with E-state index >= 15 is 0 Å². The van der Waals surface area contributed by atoms with E-state index in [2.05, 4.69) is 41.1 Å². The molecule has 3 aromatic heterocycles. The minimum absolute atomic E-state index is 0.0548. The van der Waals surface area contributed by atoms with Gasteiger partial charge >= 0.3 is 0 Å². The first kappa shape index (κ1) is 20.5. The summed E-state index contributed by atoms with van der Waals surface area (Å²) in [7, 11) is 2.11. The van der Waals surface area contributed by atoms with Crippen LogP contribution in [-0.4, -0.2) is 69.8 Å². The van der Waals surface area contributed by atoms with Gasteiger partial charge in [-0.2, -0.15) is 0 Å². The second kappa shape index (κ2) is 8.91. The lowest BCUT2D eigenvalue weighted by Crippen LogP contribution is -2.35. The lowest BCUT2D eigenvalue weighted by molar-refractivity contribution is 0.0756. The van der Waals surface area contributed by atoms with E-state index in [0.717, 1.165) is 66.9 Å². The van der Waals surface area contributed by atoms with Gasteiger partial charge in [-0.15, -0.1) is 22.7 Å². The van der Waals surface area contributed by atoms with Crippen molar-refractivity contribution in [1.82, 2.24) is 29.5 Å². The fraction of sp³-hybridized carbons (Fsp3) is 0.550. The number of rotatable bonds is 6. The summed E-state index contributed by atoms with van der Waals surface area (Å²) in [6, 6.07) is 0. The molecular weight excluding hydrogens is 404 g/mol. The minimum Gasteiger partial charge on any atom is -0.336 e. The van der Waals surface area contributed by atoms with Crippen molar-refractivity contribution >= 4 is 33.5 Å². The number of carbonyl (C=O) groups is 1. The Morgan fingerprint density at radius 2 is 2.07 bits per heavy atom. The van der Waals surface area contributed by atoms with Crippen molar-refractivity contribution < 1.29 is 4.79 Å². The van der Waals surface area contributed by atoms with E-state index in [1.807, 2.05) is 20.9 Å². The van der Waals surface area contributed by atoms with Gasteiger partial charge in [0.2, 0.25) is 0 Å². The molecular formula is C20H28N6OS2. The first-order valence-corrected chi connectivity index (χ1v) is 11.8. The number of thiazole rings is 2. The van der Waals surface area contributed by atoms with Crippen LogP contribution in [0, 0.1) is 13.8 Å².